The fourth-order valence-corrected chi connectivity index (χ4v) is 2.11. The molecule has 0 unspecified atom stereocenters. The predicted molar refractivity (Wildman–Crippen MR) is 67.0 cm³/mol. The van der Waals surface area contributed by atoms with Crippen LogP contribution in [0.25, 0.3) is 0 Å². The van der Waals surface area contributed by atoms with Crippen molar-refractivity contribution >= 4 is 12.4 Å². The van der Waals surface area contributed by atoms with Crippen molar-refractivity contribution in [3.8, 4) is 0 Å². The van der Waals surface area contributed by atoms with Gasteiger partial charge in [0.1, 0.15) is 12.9 Å². The Morgan fingerprint density at radius 2 is 2.06 bits per heavy atom. The average molecular weight is 247 g/mol. The third-order valence-corrected chi connectivity index (χ3v) is 3.20. The Morgan fingerprint density at radius 3 is 2.72 bits per heavy atom. The minimum Gasteiger partial charge on any atom is -0.445 e. The van der Waals surface area contributed by atoms with Crippen molar-refractivity contribution in [1.29, 1.82) is 0 Å². The lowest BCUT2D eigenvalue weighted by Gasteiger charge is -2.34. The largest absolute Gasteiger partial charge is 0.445 e. The van der Waals surface area contributed by atoms with Crippen LogP contribution < -0.4 is 5.32 Å². The molecule has 2 rings (SSSR count). The highest BCUT2D eigenvalue weighted by Crippen LogP contribution is 2.29. The molecule has 4 heteroatoms. The number of carbonyl (C=O) groups is 2. The second-order valence-corrected chi connectivity index (χ2v) is 4.64. The molecule has 96 valence electrons. The van der Waals surface area contributed by atoms with Crippen LogP contribution in [-0.2, 0) is 16.1 Å². The lowest BCUT2D eigenvalue weighted by atomic mass is 9.79. The Morgan fingerprint density at radius 1 is 1.33 bits per heavy atom. The molecule has 0 aliphatic heterocycles. The van der Waals surface area contributed by atoms with Crippen molar-refractivity contribution in [2.45, 2.75) is 31.9 Å². The third-order valence-electron chi connectivity index (χ3n) is 3.20. The smallest absolute Gasteiger partial charge is 0.407 e. The maximum Gasteiger partial charge on any atom is 0.407 e. The number of ether oxygens (including phenoxy) is 1. The van der Waals surface area contributed by atoms with Gasteiger partial charge in [0, 0.05) is 12.5 Å². The van der Waals surface area contributed by atoms with E-state index >= 15 is 0 Å². The minimum atomic E-state index is -0.381. The first kappa shape index (κ1) is 12.6. The van der Waals surface area contributed by atoms with Crippen LogP contribution in [0.1, 0.15) is 24.8 Å². The summed E-state index contributed by atoms with van der Waals surface area (Å²) in [6.07, 6.45) is 2.90. The summed E-state index contributed by atoms with van der Waals surface area (Å²) in [7, 11) is 0. The molecule has 0 atom stereocenters. The Kier molecular flexibility index (Phi) is 4.34. The van der Waals surface area contributed by atoms with Crippen molar-refractivity contribution in [1.82, 2.24) is 5.32 Å². The van der Waals surface area contributed by atoms with Crippen molar-refractivity contribution < 1.29 is 14.3 Å². The van der Waals surface area contributed by atoms with Gasteiger partial charge in [0.05, 0.1) is 0 Å². The van der Waals surface area contributed by atoms with E-state index in [1.807, 2.05) is 30.3 Å². The van der Waals surface area contributed by atoms with E-state index in [-0.39, 0.29) is 18.7 Å². The number of hydrogen-bond donors (Lipinski definition) is 1. The molecule has 4 nitrogen and oxygen atoms in total. The summed E-state index contributed by atoms with van der Waals surface area (Å²) < 4.78 is 5.11. The van der Waals surface area contributed by atoms with E-state index < -0.39 is 0 Å². The lowest BCUT2D eigenvalue weighted by Crippen LogP contribution is -2.44. The molecule has 0 aromatic heterocycles. The van der Waals surface area contributed by atoms with E-state index in [0.29, 0.717) is 12.3 Å². The fraction of sp³-hybridized carbons (Fsp3) is 0.429. The normalized spacial score (nSPS) is 21.8. The zero-order chi connectivity index (χ0) is 12.8. The molecule has 18 heavy (non-hydrogen) atoms. The number of amides is 1. The van der Waals surface area contributed by atoms with E-state index in [9.17, 15) is 9.59 Å². The molecule has 1 amide bonds. The second-order valence-electron chi connectivity index (χ2n) is 4.64. The van der Waals surface area contributed by atoms with E-state index in [1.165, 1.54) is 0 Å². The van der Waals surface area contributed by atoms with Crippen LogP contribution >= 0.6 is 0 Å². The molecule has 1 aliphatic rings. The number of nitrogens with one attached hydrogen (secondary N) is 1. The number of benzene rings is 1. The van der Waals surface area contributed by atoms with Crippen LogP contribution in [0, 0.1) is 5.92 Å². The number of alkyl carbamates (subject to hydrolysis) is 1. The van der Waals surface area contributed by atoms with Crippen LogP contribution in [0.3, 0.4) is 0 Å². The van der Waals surface area contributed by atoms with E-state index in [4.69, 9.17) is 4.74 Å². The minimum absolute atomic E-state index is 0.165. The quantitative estimate of drug-likeness (QED) is 0.812. The summed E-state index contributed by atoms with van der Waals surface area (Å²) in [5.74, 6) is 0.432. The molecule has 1 aliphatic carbocycles. The molecule has 0 spiro atoms. The maximum atomic E-state index is 11.5. The van der Waals surface area contributed by atoms with E-state index in [2.05, 4.69) is 5.32 Å². The number of hydrogen-bond acceptors (Lipinski definition) is 3. The van der Waals surface area contributed by atoms with Gasteiger partial charge in [-0.15, -0.1) is 0 Å². The van der Waals surface area contributed by atoms with Gasteiger partial charge < -0.3 is 14.8 Å². The summed E-state index contributed by atoms with van der Waals surface area (Å²) in [6, 6.07) is 9.73. The van der Waals surface area contributed by atoms with Gasteiger partial charge in [0.2, 0.25) is 0 Å². The Bertz CT molecular complexity index is 399. The molecule has 1 N–H and O–H groups in total. The lowest BCUT2D eigenvalue weighted by molar-refractivity contribution is -0.109. The molecule has 0 heterocycles. The summed E-state index contributed by atoms with van der Waals surface area (Å²) in [5, 5.41) is 2.80. The maximum absolute atomic E-state index is 11.5. The molecule has 1 saturated carbocycles. The number of carbonyl (C=O) groups excluding carboxylic acids is 2. The van der Waals surface area contributed by atoms with Gasteiger partial charge in [0.25, 0.3) is 0 Å². The number of aldehydes is 1. The molecular weight excluding hydrogens is 230 g/mol. The van der Waals surface area contributed by atoms with Gasteiger partial charge in [-0.2, -0.15) is 0 Å². The predicted octanol–water partition coefficient (Wildman–Crippen LogP) is 2.28. The first-order chi connectivity index (χ1) is 8.78. The standard InChI is InChI=1S/C14H17NO3/c16-7-6-12-8-13(9-12)15-14(17)18-10-11-4-2-1-3-5-11/h1-5,7,12-13H,6,8-10H2,(H,15,17)/t12-,13-. The summed E-state index contributed by atoms with van der Waals surface area (Å²) >= 11 is 0. The highest BCUT2D eigenvalue weighted by atomic mass is 16.5. The van der Waals surface area contributed by atoms with Gasteiger partial charge in [-0.3, -0.25) is 0 Å². The second kappa shape index (κ2) is 6.19. The monoisotopic (exact) mass is 247 g/mol. The van der Waals surface area contributed by atoms with Gasteiger partial charge in [0.15, 0.2) is 0 Å². The van der Waals surface area contributed by atoms with Crippen LogP contribution in [0.5, 0.6) is 0 Å². The van der Waals surface area contributed by atoms with Gasteiger partial charge in [-0.05, 0) is 24.3 Å². The van der Waals surface area contributed by atoms with Crippen LogP contribution in [0.15, 0.2) is 30.3 Å². The van der Waals surface area contributed by atoms with Gasteiger partial charge in [-0.25, -0.2) is 4.79 Å². The van der Waals surface area contributed by atoms with Gasteiger partial charge in [-0.1, -0.05) is 30.3 Å². The first-order valence-electron chi connectivity index (χ1n) is 6.19. The zero-order valence-corrected chi connectivity index (χ0v) is 10.2. The van der Waals surface area contributed by atoms with Crippen molar-refractivity contribution in [2.75, 3.05) is 0 Å². The van der Waals surface area contributed by atoms with Crippen LogP contribution in [-0.4, -0.2) is 18.4 Å². The highest BCUT2D eigenvalue weighted by Gasteiger charge is 2.30. The zero-order valence-electron chi connectivity index (χ0n) is 10.2. The van der Waals surface area contributed by atoms with E-state index in [0.717, 1.165) is 24.7 Å². The molecule has 0 radical (unpaired) electrons. The van der Waals surface area contributed by atoms with Crippen LogP contribution in [0.2, 0.25) is 0 Å². The molecule has 1 aromatic carbocycles. The van der Waals surface area contributed by atoms with Crippen molar-refractivity contribution in [3.05, 3.63) is 35.9 Å². The Balaban J connectivity index is 1.63. The first-order valence-corrected chi connectivity index (χ1v) is 6.19. The summed E-state index contributed by atoms with van der Waals surface area (Å²) in [4.78, 5) is 21.8. The number of rotatable bonds is 5. The van der Waals surface area contributed by atoms with Gasteiger partial charge >= 0.3 is 6.09 Å². The SMILES string of the molecule is O=CC[C@H]1C[C@H](NC(=O)OCc2ccccc2)C1. The molecular formula is C14H17NO3. The van der Waals surface area contributed by atoms with Crippen LogP contribution in [0.4, 0.5) is 4.79 Å². The fourth-order valence-electron chi connectivity index (χ4n) is 2.11. The average Bonchev–Trinajstić information content (AvgIpc) is 2.35. The van der Waals surface area contributed by atoms with Crippen molar-refractivity contribution in [2.24, 2.45) is 5.92 Å². The summed E-state index contributed by atoms with van der Waals surface area (Å²) in [5.41, 5.74) is 0.972. The molecule has 1 aromatic rings. The third kappa shape index (κ3) is 3.58. The molecule has 0 bridgehead atoms. The summed E-state index contributed by atoms with van der Waals surface area (Å²) in [6.45, 7) is 0.289. The Hall–Kier alpha value is -1.84. The Labute approximate surface area is 106 Å². The molecule has 1 fully saturated rings. The topological polar surface area (TPSA) is 55.4 Å². The highest BCUT2D eigenvalue weighted by molar-refractivity contribution is 5.67. The molecule has 0 saturated heterocycles. The van der Waals surface area contributed by atoms with Crippen molar-refractivity contribution in [3.63, 3.8) is 0 Å². The van der Waals surface area contributed by atoms with E-state index in [1.54, 1.807) is 0 Å².